The van der Waals surface area contributed by atoms with Crippen LogP contribution in [-0.2, 0) is 0 Å². The van der Waals surface area contributed by atoms with Crippen molar-refractivity contribution in [1.82, 2.24) is 4.98 Å². The maximum absolute atomic E-state index is 5.77. The summed E-state index contributed by atoms with van der Waals surface area (Å²) in [4.78, 5) is 4.02. The molecule has 0 aromatic carbocycles. The van der Waals surface area contributed by atoms with Crippen LogP contribution in [0.2, 0.25) is 5.02 Å². The van der Waals surface area contributed by atoms with E-state index < -0.39 is 0 Å². The molecule has 1 aromatic heterocycles. The summed E-state index contributed by atoms with van der Waals surface area (Å²) in [6.07, 6.45) is 0. The van der Waals surface area contributed by atoms with E-state index in [0.717, 1.165) is 11.3 Å². The van der Waals surface area contributed by atoms with Gasteiger partial charge in [0, 0.05) is 0 Å². The van der Waals surface area contributed by atoms with Gasteiger partial charge in [0.2, 0.25) is 0 Å². The van der Waals surface area contributed by atoms with E-state index >= 15 is 0 Å². The van der Waals surface area contributed by atoms with Crippen LogP contribution in [0.5, 0.6) is 0 Å². The predicted octanol–water partition coefficient (Wildman–Crippen LogP) is 1.93. The van der Waals surface area contributed by atoms with Crippen LogP contribution in [0.25, 0.3) is 0 Å². The second-order valence-electron chi connectivity index (χ2n) is 2.26. The van der Waals surface area contributed by atoms with E-state index in [-0.39, 0.29) is 0 Å². The van der Waals surface area contributed by atoms with Crippen LogP contribution >= 0.6 is 11.6 Å². The van der Waals surface area contributed by atoms with Gasteiger partial charge in [-0.05, 0) is 25.5 Å². The molecule has 0 amide bonds. The van der Waals surface area contributed by atoms with Crippen molar-refractivity contribution in [3.05, 3.63) is 22.3 Å². The van der Waals surface area contributed by atoms with Crippen molar-refractivity contribution in [1.29, 1.82) is 0 Å². The predicted molar refractivity (Wildman–Crippen MR) is 43.1 cm³/mol. The molecule has 0 fully saturated rings. The van der Waals surface area contributed by atoms with Gasteiger partial charge in [0.05, 0.1) is 10.7 Å². The molecule has 0 saturated heterocycles. The van der Waals surface area contributed by atoms with Crippen LogP contribution in [0, 0.1) is 13.8 Å². The van der Waals surface area contributed by atoms with Gasteiger partial charge >= 0.3 is 0 Å². The molecule has 0 saturated carbocycles. The number of nitrogens with two attached hydrogens (primary N) is 1. The van der Waals surface area contributed by atoms with Crippen molar-refractivity contribution in [2.24, 2.45) is 0 Å². The van der Waals surface area contributed by atoms with Crippen molar-refractivity contribution in [3.8, 4) is 0 Å². The Hall–Kier alpha value is -0.760. The van der Waals surface area contributed by atoms with Gasteiger partial charge in [0.1, 0.15) is 5.82 Å². The zero-order chi connectivity index (χ0) is 7.72. The minimum absolute atomic E-state index is 0.557. The first-order chi connectivity index (χ1) is 4.61. The van der Waals surface area contributed by atoms with E-state index in [9.17, 15) is 0 Å². The average molecular weight is 157 g/mol. The number of aryl methyl sites for hydroxylation is 2. The first-order valence-electron chi connectivity index (χ1n) is 3.00. The molecular weight excluding hydrogens is 148 g/mol. The molecule has 1 heterocycles. The van der Waals surface area contributed by atoms with Crippen molar-refractivity contribution in [2.45, 2.75) is 13.8 Å². The van der Waals surface area contributed by atoms with Crippen LogP contribution < -0.4 is 5.73 Å². The highest BCUT2D eigenvalue weighted by molar-refractivity contribution is 6.31. The molecule has 0 radical (unpaired) electrons. The second-order valence-corrected chi connectivity index (χ2v) is 2.66. The highest BCUT2D eigenvalue weighted by Crippen LogP contribution is 2.17. The van der Waals surface area contributed by atoms with Gasteiger partial charge in [0.15, 0.2) is 0 Å². The van der Waals surface area contributed by atoms with E-state index in [1.165, 1.54) is 0 Å². The molecule has 1 aromatic rings. The Morgan fingerprint density at radius 2 is 2.10 bits per heavy atom. The lowest BCUT2D eigenvalue weighted by Gasteiger charge is -2.01. The van der Waals surface area contributed by atoms with Crippen molar-refractivity contribution in [3.63, 3.8) is 0 Å². The third kappa shape index (κ3) is 1.21. The molecule has 2 nitrogen and oxygen atoms in total. The van der Waals surface area contributed by atoms with Crippen LogP contribution in [0.15, 0.2) is 6.07 Å². The normalized spacial score (nSPS) is 9.90. The minimum atomic E-state index is 0.557. The Balaban J connectivity index is 3.28. The Bertz CT molecular complexity index is 208. The van der Waals surface area contributed by atoms with E-state index in [2.05, 4.69) is 4.98 Å². The average Bonchev–Trinajstić information content (AvgIpc) is 1.84. The summed E-state index contributed by atoms with van der Waals surface area (Å²) in [6, 6.07) is 1.82. The Labute approximate surface area is 65.0 Å². The quantitative estimate of drug-likeness (QED) is 0.624. The SMILES string of the molecule is Cc1cc(Cl)c(C)nc1N. The van der Waals surface area contributed by atoms with Crippen molar-refractivity contribution >= 4 is 17.4 Å². The molecule has 0 spiro atoms. The fraction of sp³-hybridized carbons (Fsp3) is 0.286. The summed E-state index contributed by atoms with van der Waals surface area (Å²) < 4.78 is 0. The van der Waals surface area contributed by atoms with Crippen LogP contribution in [0.4, 0.5) is 5.82 Å². The highest BCUT2D eigenvalue weighted by atomic mass is 35.5. The molecule has 0 aliphatic heterocycles. The molecule has 0 atom stereocenters. The number of aromatic nitrogens is 1. The summed E-state index contributed by atoms with van der Waals surface area (Å²) >= 11 is 5.77. The Morgan fingerprint density at radius 1 is 1.50 bits per heavy atom. The van der Waals surface area contributed by atoms with Crippen LogP contribution in [0.1, 0.15) is 11.3 Å². The number of anilines is 1. The molecule has 3 heteroatoms. The number of halogens is 1. The van der Waals surface area contributed by atoms with Gasteiger partial charge in [0.25, 0.3) is 0 Å². The number of nitrogen functional groups attached to an aromatic ring is 1. The number of pyridine rings is 1. The largest absolute Gasteiger partial charge is 0.383 e. The van der Waals surface area contributed by atoms with Gasteiger partial charge < -0.3 is 5.73 Å². The summed E-state index contributed by atoms with van der Waals surface area (Å²) in [5.41, 5.74) is 7.23. The van der Waals surface area contributed by atoms with Gasteiger partial charge in [-0.1, -0.05) is 11.6 Å². The minimum Gasteiger partial charge on any atom is -0.383 e. The molecule has 0 aliphatic rings. The summed E-state index contributed by atoms with van der Waals surface area (Å²) in [5.74, 6) is 0.557. The van der Waals surface area contributed by atoms with E-state index in [1.54, 1.807) is 0 Å². The molecule has 0 bridgehead atoms. The lowest BCUT2D eigenvalue weighted by Crippen LogP contribution is -1.95. The van der Waals surface area contributed by atoms with Gasteiger partial charge in [-0.15, -0.1) is 0 Å². The zero-order valence-corrected chi connectivity index (χ0v) is 6.74. The third-order valence-corrected chi connectivity index (χ3v) is 1.76. The van der Waals surface area contributed by atoms with Crippen molar-refractivity contribution in [2.75, 3.05) is 5.73 Å². The summed E-state index contributed by atoms with van der Waals surface area (Å²) in [7, 11) is 0. The first kappa shape index (κ1) is 7.35. The first-order valence-corrected chi connectivity index (χ1v) is 3.38. The lowest BCUT2D eigenvalue weighted by atomic mass is 10.2. The topological polar surface area (TPSA) is 38.9 Å². The third-order valence-electron chi connectivity index (χ3n) is 1.38. The maximum atomic E-state index is 5.77. The molecule has 0 aliphatic carbocycles. The summed E-state index contributed by atoms with van der Waals surface area (Å²) in [5, 5.41) is 0.673. The fourth-order valence-electron chi connectivity index (χ4n) is 0.691. The molecule has 10 heavy (non-hydrogen) atoms. The Morgan fingerprint density at radius 3 is 2.60 bits per heavy atom. The number of hydrogen-bond acceptors (Lipinski definition) is 2. The van der Waals surface area contributed by atoms with E-state index in [0.29, 0.717) is 10.8 Å². The van der Waals surface area contributed by atoms with Gasteiger partial charge in [-0.2, -0.15) is 0 Å². The number of hydrogen-bond donors (Lipinski definition) is 1. The second kappa shape index (κ2) is 2.46. The maximum Gasteiger partial charge on any atom is 0.126 e. The summed E-state index contributed by atoms with van der Waals surface area (Å²) in [6.45, 7) is 3.71. The molecule has 1 rings (SSSR count). The lowest BCUT2D eigenvalue weighted by molar-refractivity contribution is 1.18. The van der Waals surface area contributed by atoms with Crippen LogP contribution in [-0.4, -0.2) is 4.98 Å². The molecule has 54 valence electrons. The molecular formula is C7H9ClN2. The van der Waals surface area contributed by atoms with Crippen molar-refractivity contribution < 1.29 is 0 Å². The zero-order valence-electron chi connectivity index (χ0n) is 5.98. The molecule has 0 unspecified atom stereocenters. The Kier molecular flexibility index (Phi) is 1.81. The van der Waals surface area contributed by atoms with Crippen LogP contribution in [0.3, 0.4) is 0 Å². The van der Waals surface area contributed by atoms with Gasteiger partial charge in [-0.3, -0.25) is 0 Å². The number of nitrogens with zero attached hydrogens (tertiary/aromatic N) is 1. The fourth-order valence-corrected chi connectivity index (χ4v) is 0.897. The monoisotopic (exact) mass is 156 g/mol. The van der Waals surface area contributed by atoms with E-state index in [1.807, 2.05) is 19.9 Å². The number of rotatable bonds is 0. The van der Waals surface area contributed by atoms with Gasteiger partial charge in [-0.25, -0.2) is 4.98 Å². The van der Waals surface area contributed by atoms with E-state index in [4.69, 9.17) is 17.3 Å². The standard InChI is InChI=1S/C7H9ClN2/c1-4-3-6(8)5(2)10-7(4)9/h3H,1-2H3,(H2,9,10). The highest BCUT2D eigenvalue weighted by Gasteiger charge is 1.99. The smallest absolute Gasteiger partial charge is 0.126 e. The molecule has 2 N–H and O–H groups in total.